The van der Waals surface area contributed by atoms with E-state index in [1.54, 1.807) is 0 Å². The van der Waals surface area contributed by atoms with Gasteiger partial charge in [0.05, 0.1) is 0 Å². The van der Waals surface area contributed by atoms with Gasteiger partial charge < -0.3 is 9.64 Å². The molecule has 0 unspecified atom stereocenters. The van der Waals surface area contributed by atoms with Crippen LogP contribution in [0.5, 0.6) is 5.75 Å². The summed E-state index contributed by atoms with van der Waals surface area (Å²) in [6.45, 7) is 12.2. The first-order chi connectivity index (χ1) is 10.4. The third kappa shape index (κ3) is 4.02. The monoisotopic (exact) mass is 303 g/mol. The molecule has 0 N–H and O–H groups in total. The average molecular weight is 303 g/mol. The molecule has 0 radical (unpaired) electrons. The van der Waals surface area contributed by atoms with Gasteiger partial charge in [-0.05, 0) is 55.7 Å². The van der Waals surface area contributed by atoms with Gasteiger partial charge in [0.1, 0.15) is 5.75 Å². The van der Waals surface area contributed by atoms with Crippen molar-refractivity contribution in [1.82, 2.24) is 4.90 Å². The Kier molecular flexibility index (Phi) is 5.49. The number of hydrogen-bond acceptors (Lipinski definition) is 2. The molecule has 22 heavy (non-hydrogen) atoms. The van der Waals surface area contributed by atoms with Gasteiger partial charge in [0.25, 0.3) is 5.91 Å². The Morgan fingerprint density at radius 2 is 1.86 bits per heavy atom. The van der Waals surface area contributed by atoms with Crippen molar-refractivity contribution in [3.05, 3.63) is 29.3 Å². The maximum Gasteiger partial charge on any atom is 0.263 e. The van der Waals surface area contributed by atoms with E-state index in [9.17, 15) is 4.79 Å². The molecule has 1 amide bonds. The molecule has 122 valence electrons. The summed E-state index contributed by atoms with van der Waals surface area (Å²) in [7, 11) is 0. The van der Waals surface area contributed by atoms with E-state index < -0.39 is 6.10 Å². The van der Waals surface area contributed by atoms with Crippen LogP contribution in [0.25, 0.3) is 0 Å². The number of carbonyl (C=O) groups is 1. The number of ether oxygens (including phenoxy) is 1. The molecular formula is C19H29NO2. The van der Waals surface area contributed by atoms with E-state index in [0.717, 1.165) is 48.7 Å². The largest absolute Gasteiger partial charge is 0.481 e. The Bertz CT molecular complexity index is 516. The fourth-order valence-corrected chi connectivity index (χ4v) is 2.95. The van der Waals surface area contributed by atoms with Crippen LogP contribution in [-0.2, 0) is 4.79 Å². The molecule has 1 fully saturated rings. The topological polar surface area (TPSA) is 29.5 Å². The third-order valence-electron chi connectivity index (χ3n) is 4.54. The summed E-state index contributed by atoms with van der Waals surface area (Å²) in [5, 5.41) is 0. The summed E-state index contributed by atoms with van der Waals surface area (Å²) in [6.07, 6.45) is 1.77. The van der Waals surface area contributed by atoms with E-state index in [0.29, 0.717) is 5.92 Å². The lowest BCUT2D eigenvalue weighted by molar-refractivity contribution is -0.139. The van der Waals surface area contributed by atoms with Crippen LogP contribution >= 0.6 is 0 Å². The Morgan fingerprint density at radius 3 is 2.45 bits per heavy atom. The average Bonchev–Trinajstić information content (AvgIpc) is 2.47. The predicted octanol–water partition coefficient (Wildman–Crippen LogP) is 4.14. The number of hydrogen-bond donors (Lipinski definition) is 0. The Hall–Kier alpha value is -1.51. The lowest BCUT2D eigenvalue weighted by atomic mass is 9.99. The van der Waals surface area contributed by atoms with Gasteiger partial charge in [-0.2, -0.15) is 0 Å². The number of amides is 1. The normalized spacial score (nSPS) is 17.6. The van der Waals surface area contributed by atoms with Crippen molar-refractivity contribution in [2.75, 3.05) is 13.1 Å². The van der Waals surface area contributed by atoms with Crippen LogP contribution in [0, 0.1) is 12.8 Å². The summed E-state index contributed by atoms with van der Waals surface area (Å²) in [5.74, 6) is 2.07. The Labute approximate surface area is 134 Å². The molecule has 1 atom stereocenters. The highest BCUT2D eigenvalue weighted by Crippen LogP contribution is 2.28. The standard InChI is InChI=1S/C19H29NO2/c1-13(2)17-7-6-15(4)12-18(17)22-16(5)19(21)20-10-8-14(3)9-11-20/h6-7,12-14,16H,8-11H2,1-5H3/t16-/m1/s1. The molecule has 0 aliphatic carbocycles. The Balaban J connectivity index is 2.06. The Morgan fingerprint density at radius 1 is 1.23 bits per heavy atom. The van der Waals surface area contributed by atoms with Gasteiger partial charge in [0.2, 0.25) is 0 Å². The first-order valence-electron chi connectivity index (χ1n) is 8.44. The van der Waals surface area contributed by atoms with Crippen LogP contribution in [0.2, 0.25) is 0 Å². The van der Waals surface area contributed by atoms with Crippen molar-refractivity contribution in [2.45, 2.75) is 59.5 Å². The first-order valence-corrected chi connectivity index (χ1v) is 8.44. The lowest BCUT2D eigenvalue weighted by Crippen LogP contribution is -2.44. The number of likely N-dealkylation sites (tertiary alicyclic amines) is 1. The number of piperidine rings is 1. The van der Waals surface area contributed by atoms with Gasteiger partial charge in [0.15, 0.2) is 6.10 Å². The van der Waals surface area contributed by atoms with Crippen molar-refractivity contribution in [3.8, 4) is 5.75 Å². The molecule has 1 aliphatic heterocycles. The van der Waals surface area contributed by atoms with Gasteiger partial charge in [0, 0.05) is 13.1 Å². The summed E-state index contributed by atoms with van der Waals surface area (Å²) in [6, 6.07) is 6.24. The van der Waals surface area contributed by atoms with E-state index >= 15 is 0 Å². The SMILES string of the molecule is Cc1ccc(C(C)C)c(O[C@H](C)C(=O)N2CCC(C)CC2)c1. The van der Waals surface area contributed by atoms with Crippen molar-refractivity contribution in [1.29, 1.82) is 0 Å². The minimum Gasteiger partial charge on any atom is -0.481 e. The van der Waals surface area contributed by atoms with E-state index in [-0.39, 0.29) is 5.91 Å². The van der Waals surface area contributed by atoms with Gasteiger partial charge >= 0.3 is 0 Å². The molecule has 3 nitrogen and oxygen atoms in total. The lowest BCUT2D eigenvalue weighted by Gasteiger charge is -2.32. The summed E-state index contributed by atoms with van der Waals surface area (Å²) < 4.78 is 6.04. The second-order valence-electron chi connectivity index (χ2n) is 6.96. The summed E-state index contributed by atoms with van der Waals surface area (Å²) >= 11 is 0. The van der Waals surface area contributed by atoms with E-state index in [1.807, 2.05) is 17.9 Å². The highest BCUT2D eigenvalue weighted by atomic mass is 16.5. The number of benzene rings is 1. The second-order valence-corrected chi connectivity index (χ2v) is 6.96. The summed E-state index contributed by atoms with van der Waals surface area (Å²) in [5.41, 5.74) is 2.32. The highest BCUT2D eigenvalue weighted by molar-refractivity contribution is 5.81. The number of carbonyl (C=O) groups excluding carboxylic acids is 1. The van der Waals surface area contributed by atoms with Gasteiger partial charge in [-0.25, -0.2) is 0 Å². The maximum atomic E-state index is 12.6. The van der Waals surface area contributed by atoms with E-state index in [4.69, 9.17) is 4.74 Å². The fraction of sp³-hybridized carbons (Fsp3) is 0.632. The zero-order chi connectivity index (χ0) is 16.3. The summed E-state index contributed by atoms with van der Waals surface area (Å²) in [4.78, 5) is 14.5. The van der Waals surface area contributed by atoms with Crippen molar-refractivity contribution >= 4 is 5.91 Å². The van der Waals surface area contributed by atoms with Gasteiger partial charge in [-0.3, -0.25) is 4.79 Å². The van der Waals surface area contributed by atoms with Crippen molar-refractivity contribution in [3.63, 3.8) is 0 Å². The minimum absolute atomic E-state index is 0.114. The zero-order valence-electron chi connectivity index (χ0n) is 14.6. The maximum absolute atomic E-state index is 12.6. The molecule has 1 aliphatic rings. The fourth-order valence-electron chi connectivity index (χ4n) is 2.95. The smallest absolute Gasteiger partial charge is 0.263 e. The molecule has 1 aromatic rings. The van der Waals surface area contributed by atoms with E-state index in [1.165, 1.54) is 0 Å². The van der Waals surface area contributed by atoms with Crippen LogP contribution in [0.1, 0.15) is 57.6 Å². The van der Waals surface area contributed by atoms with Crippen molar-refractivity contribution < 1.29 is 9.53 Å². The first kappa shape index (κ1) is 16.9. The van der Waals surface area contributed by atoms with Crippen LogP contribution in [-0.4, -0.2) is 30.0 Å². The van der Waals surface area contributed by atoms with Gasteiger partial charge in [-0.15, -0.1) is 0 Å². The second kappa shape index (κ2) is 7.17. The van der Waals surface area contributed by atoms with Crippen LogP contribution in [0.15, 0.2) is 18.2 Å². The number of aryl methyl sites for hydroxylation is 1. The molecule has 1 aromatic carbocycles. The third-order valence-corrected chi connectivity index (χ3v) is 4.54. The molecule has 0 saturated carbocycles. The van der Waals surface area contributed by atoms with E-state index in [2.05, 4.69) is 39.8 Å². The molecule has 3 heteroatoms. The van der Waals surface area contributed by atoms with Crippen LogP contribution in [0.3, 0.4) is 0 Å². The molecule has 0 bridgehead atoms. The molecule has 0 aromatic heterocycles. The molecular weight excluding hydrogens is 274 g/mol. The zero-order valence-corrected chi connectivity index (χ0v) is 14.6. The molecule has 0 spiro atoms. The predicted molar refractivity (Wildman–Crippen MR) is 90.3 cm³/mol. The highest BCUT2D eigenvalue weighted by Gasteiger charge is 2.26. The van der Waals surface area contributed by atoms with Crippen LogP contribution < -0.4 is 4.74 Å². The molecule has 1 heterocycles. The van der Waals surface area contributed by atoms with Gasteiger partial charge in [-0.1, -0.05) is 32.9 Å². The quantitative estimate of drug-likeness (QED) is 0.836. The molecule has 2 rings (SSSR count). The van der Waals surface area contributed by atoms with Crippen molar-refractivity contribution in [2.24, 2.45) is 5.92 Å². The molecule has 1 saturated heterocycles. The number of nitrogens with zero attached hydrogens (tertiary/aromatic N) is 1. The minimum atomic E-state index is -0.423. The number of rotatable bonds is 4. The van der Waals surface area contributed by atoms with Crippen LogP contribution in [0.4, 0.5) is 0 Å².